The maximum atomic E-state index is 12.3. The van der Waals surface area contributed by atoms with Crippen LogP contribution in [0.25, 0.3) is 6.08 Å². The molecule has 1 N–H and O–H groups in total. The van der Waals surface area contributed by atoms with E-state index in [2.05, 4.69) is 52.8 Å². The molecular weight excluding hydrogens is 400 g/mol. The van der Waals surface area contributed by atoms with Gasteiger partial charge in [0.15, 0.2) is 5.78 Å². The average Bonchev–Trinajstić information content (AvgIpc) is 2.66. The maximum Gasteiger partial charge on any atom is 0.167 e. The molecule has 4 nitrogen and oxygen atoms in total. The predicted molar refractivity (Wildman–Crippen MR) is 133 cm³/mol. The van der Waals surface area contributed by atoms with E-state index in [9.17, 15) is 9.90 Å². The Bertz CT molecular complexity index is 954. The normalized spacial score (nSPS) is 17.3. The van der Waals surface area contributed by atoms with Crippen molar-refractivity contribution in [3.63, 3.8) is 0 Å². The minimum Gasteiger partial charge on any atom is -0.507 e. The Balaban J connectivity index is 2.26. The second-order valence-corrected chi connectivity index (χ2v) is 9.32. The topological polar surface area (TPSA) is 55.8 Å². The van der Waals surface area contributed by atoms with Gasteiger partial charge in [-0.05, 0) is 92.4 Å². The fourth-order valence-electron chi connectivity index (χ4n) is 3.63. The van der Waals surface area contributed by atoms with Gasteiger partial charge >= 0.3 is 0 Å². The molecule has 1 aromatic rings. The second-order valence-electron chi connectivity index (χ2n) is 9.32. The third-order valence-electron chi connectivity index (χ3n) is 5.51. The third-order valence-corrected chi connectivity index (χ3v) is 5.51. The molecular formula is C28H38O4. The first-order valence-corrected chi connectivity index (χ1v) is 11.4. The van der Waals surface area contributed by atoms with E-state index in [0.29, 0.717) is 23.7 Å². The summed E-state index contributed by atoms with van der Waals surface area (Å²) in [5.74, 6) is 0.567. The van der Waals surface area contributed by atoms with Crippen molar-refractivity contribution in [2.45, 2.75) is 79.8 Å². The van der Waals surface area contributed by atoms with Crippen molar-refractivity contribution in [2.75, 3.05) is 6.61 Å². The zero-order valence-electron chi connectivity index (χ0n) is 20.7. The minimum absolute atomic E-state index is 0.113. The molecule has 174 valence electrons. The van der Waals surface area contributed by atoms with Crippen molar-refractivity contribution >= 4 is 11.9 Å². The molecule has 0 aliphatic carbocycles. The number of rotatable bonds is 10. The van der Waals surface area contributed by atoms with Gasteiger partial charge in [-0.2, -0.15) is 0 Å². The number of phenolic OH excluding ortho intramolecular Hbond substituents is 1. The first kappa shape index (κ1) is 25.5. The van der Waals surface area contributed by atoms with E-state index >= 15 is 0 Å². The van der Waals surface area contributed by atoms with Crippen molar-refractivity contribution in [3.05, 3.63) is 58.2 Å². The molecule has 0 saturated heterocycles. The Kier molecular flexibility index (Phi) is 8.94. The van der Waals surface area contributed by atoms with Crippen LogP contribution in [0.15, 0.2) is 47.1 Å². The maximum absolute atomic E-state index is 12.3. The SMILES string of the molecule is CC(=O)c1c(O)cc(OC/C=C(\C)CCC=C(C)C)c2c1O[C@](C)(CCC=C(C)C)C=C2. The molecule has 0 saturated carbocycles. The van der Waals surface area contributed by atoms with Gasteiger partial charge in [0.1, 0.15) is 35.0 Å². The first-order valence-electron chi connectivity index (χ1n) is 11.4. The number of carbonyl (C=O) groups is 1. The van der Waals surface area contributed by atoms with Gasteiger partial charge in [-0.15, -0.1) is 0 Å². The number of Topliss-reactive ketones (excluding diaryl/α,β-unsaturated/α-hetero) is 1. The molecule has 0 fully saturated rings. The summed E-state index contributed by atoms with van der Waals surface area (Å²) in [7, 11) is 0. The molecule has 0 radical (unpaired) electrons. The molecule has 32 heavy (non-hydrogen) atoms. The third kappa shape index (κ3) is 7.15. The summed E-state index contributed by atoms with van der Waals surface area (Å²) in [5, 5.41) is 10.6. The monoisotopic (exact) mass is 438 g/mol. The van der Waals surface area contributed by atoms with Crippen LogP contribution in [0.2, 0.25) is 0 Å². The number of fused-ring (bicyclic) bond motifs is 1. The number of ether oxygens (including phenoxy) is 2. The molecule has 0 amide bonds. The Hall–Kier alpha value is -2.75. The summed E-state index contributed by atoms with van der Waals surface area (Å²) >= 11 is 0. The lowest BCUT2D eigenvalue weighted by atomic mass is 9.92. The Morgan fingerprint density at radius 2 is 1.72 bits per heavy atom. The number of carbonyl (C=O) groups excluding carboxylic acids is 1. The zero-order valence-corrected chi connectivity index (χ0v) is 20.7. The van der Waals surface area contributed by atoms with Crippen LogP contribution in [0.1, 0.15) is 90.1 Å². The molecule has 1 atom stereocenters. The van der Waals surface area contributed by atoms with Crippen LogP contribution in [0.4, 0.5) is 0 Å². The molecule has 1 aromatic carbocycles. The molecule has 1 heterocycles. The lowest BCUT2D eigenvalue weighted by molar-refractivity contribution is 0.0983. The molecule has 1 aliphatic heterocycles. The van der Waals surface area contributed by atoms with E-state index in [-0.39, 0.29) is 17.1 Å². The van der Waals surface area contributed by atoms with Gasteiger partial charge in [-0.3, -0.25) is 4.79 Å². The molecule has 4 heteroatoms. The van der Waals surface area contributed by atoms with E-state index in [1.807, 2.05) is 19.1 Å². The number of allylic oxidation sites excluding steroid dienone is 5. The average molecular weight is 439 g/mol. The largest absolute Gasteiger partial charge is 0.507 e. The number of benzene rings is 1. The number of aromatic hydroxyl groups is 1. The van der Waals surface area contributed by atoms with Crippen LogP contribution in [0, 0.1) is 0 Å². The molecule has 0 aromatic heterocycles. The van der Waals surface area contributed by atoms with Gasteiger partial charge < -0.3 is 14.6 Å². The van der Waals surface area contributed by atoms with Crippen molar-refractivity contribution in [2.24, 2.45) is 0 Å². The lowest BCUT2D eigenvalue weighted by Crippen LogP contribution is -2.32. The van der Waals surface area contributed by atoms with Crippen molar-refractivity contribution < 1.29 is 19.4 Å². The van der Waals surface area contributed by atoms with Gasteiger partial charge in [0.25, 0.3) is 0 Å². The lowest BCUT2D eigenvalue weighted by Gasteiger charge is -2.33. The van der Waals surface area contributed by atoms with Gasteiger partial charge in [-0.1, -0.05) is 28.9 Å². The Morgan fingerprint density at radius 1 is 1.06 bits per heavy atom. The first-order chi connectivity index (χ1) is 15.0. The quantitative estimate of drug-likeness (QED) is 0.302. The summed E-state index contributed by atoms with van der Waals surface area (Å²) in [4.78, 5) is 12.3. The summed E-state index contributed by atoms with van der Waals surface area (Å²) in [5.41, 5.74) is 4.17. The fraction of sp³-hybridized carbons (Fsp3) is 0.464. The van der Waals surface area contributed by atoms with Crippen LogP contribution < -0.4 is 9.47 Å². The minimum atomic E-state index is -0.560. The van der Waals surface area contributed by atoms with Crippen molar-refractivity contribution in [1.82, 2.24) is 0 Å². The summed E-state index contributed by atoms with van der Waals surface area (Å²) in [6.07, 6.45) is 14.0. The Labute approximate surface area is 193 Å². The van der Waals surface area contributed by atoms with Gasteiger partial charge in [0.2, 0.25) is 0 Å². The highest BCUT2D eigenvalue weighted by Crippen LogP contribution is 2.45. The Morgan fingerprint density at radius 3 is 2.34 bits per heavy atom. The van der Waals surface area contributed by atoms with E-state index in [0.717, 1.165) is 25.7 Å². The predicted octanol–water partition coefficient (Wildman–Crippen LogP) is 7.58. The smallest absolute Gasteiger partial charge is 0.167 e. The van der Waals surface area contributed by atoms with E-state index < -0.39 is 5.60 Å². The van der Waals surface area contributed by atoms with Crippen LogP contribution in [0.5, 0.6) is 17.2 Å². The van der Waals surface area contributed by atoms with Crippen LogP contribution in [-0.2, 0) is 0 Å². The number of hydrogen-bond donors (Lipinski definition) is 1. The highest BCUT2D eigenvalue weighted by Gasteiger charge is 2.32. The van der Waals surface area contributed by atoms with E-state index in [1.165, 1.54) is 29.7 Å². The van der Waals surface area contributed by atoms with Crippen molar-refractivity contribution in [3.8, 4) is 17.2 Å². The number of ketones is 1. The molecule has 2 rings (SSSR count). The van der Waals surface area contributed by atoms with Crippen LogP contribution >= 0.6 is 0 Å². The summed E-state index contributed by atoms with van der Waals surface area (Å²) in [6, 6.07) is 1.52. The summed E-state index contributed by atoms with van der Waals surface area (Å²) in [6.45, 7) is 14.3. The van der Waals surface area contributed by atoms with Gasteiger partial charge in [0, 0.05) is 6.07 Å². The zero-order chi connectivity index (χ0) is 23.9. The highest BCUT2D eigenvalue weighted by atomic mass is 16.5. The molecule has 1 aliphatic rings. The summed E-state index contributed by atoms with van der Waals surface area (Å²) < 4.78 is 12.3. The fourth-order valence-corrected chi connectivity index (χ4v) is 3.63. The van der Waals surface area contributed by atoms with Crippen LogP contribution in [0.3, 0.4) is 0 Å². The number of phenols is 1. The van der Waals surface area contributed by atoms with Crippen molar-refractivity contribution in [1.29, 1.82) is 0 Å². The second kappa shape index (κ2) is 11.2. The highest BCUT2D eigenvalue weighted by molar-refractivity contribution is 6.01. The van der Waals surface area contributed by atoms with Gasteiger partial charge in [0.05, 0.1) is 5.56 Å². The molecule has 0 spiro atoms. The van der Waals surface area contributed by atoms with E-state index in [1.54, 1.807) is 0 Å². The van der Waals surface area contributed by atoms with Crippen LogP contribution in [-0.4, -0.2) is 23.1 Å². The number of hydrogen-bond acceptors (Lipinski definition) is 4. The molecule has 0 unspecified atom stereocenters. The van der Waals surface area contributed by atoms with E-state index in [4.69, 9.17) is 9.47 Å². The molecule has 0 bridgehead atoms. The van der Waals surface area contributed by atoms with Gasteiger partial charge in [-0.25, -0.2) is 0 Å². The standard InChI is InChI=1S/C28H38O4/c1-19(2)10-8-12-21(5)14-17-31-25-18-24(30)26(22(6)29)27-23(25)13-16-28(7,32-27)15-9-11-20(3)4/h10-11,13-14,16,18,30H,8-9,12,15,17H2,1-7H3/b21-14+/t28-/m1/s1.